The number of nitrogens with zero attached hydrogens (tertiary/aromatic N) is 1. The highest BCUT2D eigenvalue weighted by Gasteiger charge is 2.47. The standard InChI is InChI=1S/C19H26Cl2N2O4/c1-3-4-5-6-9-19(2)17(25)23(18(26)22-19)11-14(24)12-27-16-8-7-13(20)10-15(16)21/h7-8,10,14,24H,3-6,9,11-12H2,1-2H3,(H,22,26). The van der Waals surface area contributed by atoms with Crippen LogP contribution in [-0.2, 0) is 4.79 Å². The number of imide groups is 1. The minimum absolute atomic E-state index is 0.106. The molecule has 0 bridgehead atoms. The van der Waals surface area contributed by atoms with Crippen molar-refractivity contribution < 1.29 is 19.4 Å². The molecule has 1 fully saturated rings. The van der Waals surface area contributed by atoms with Crippen LogP contribution >= 0.6 is 23.2 Å². The fraction of sp³-hybridized carbons (Fsp3) is 0.579. The van der Waals surface area contributed by atoms with Crippen LogP contribution in [0.2, 0.25) is 10.0 Å². The molecular weight excluding hydrogens is 391 g/mol. The Balaban J connectivity index is 1.88. The van der Waals surface area contributed by atoms with Crippen molar-refractivity contribution in [2.75, 3.05) is 13.2 Å². The number of hydrogen-bond donors (Lipinski definition) is 2. The van der Waals surface area contributed by atoms with Crippen LogP contribution in [0.15, 0.2) is 18.2 Å². The highest BCUT2D eigenvalue weighted by molar-refractivity contribution is 6.35. The molecule has 2 rings (SSSR count). The minimum atomic E-state index is -1.03. The Morgan fingerprint density at radius 2 is 2.00 bits per heavy atom. The molecular formula is C19H26Cl2N2O4. The van der Waals surface area contributed by atoms with E-state index in [0.29, 0.717) is 22.2 Å². The van der Waals surface area contributed by atoms with Gasteiger partial charge in [0.1, 0.15) is 24.0 Å². The third-order valence-corrected chi connectivity index (χ3v) is 5.12. The van der Waals surface area contributed by atoms with E-state index in [1.54, 1.807) is 19.1 Å². The number of benzene rings is 1. The number of carbonyl (C=O) groups is 2. The summed E-state index contributed by atoms with van der Waals surface area (Å²) in [6.45, 7) is 3.61. The number of rotatable bonds is 10. The average molecular weight is 417 g/mol. The molecule has 2 unspecified atom stereocenters. The van der Waals surface area contributed by atoms with Crippen LogP contribution in [-0.4, -0.2) is 46.7 Å². The number of hydrogen-bond acceptors (Lipinski definition) is 4. The lowest BCUT2D eigenvalue weighted by Gasteiger charge is -2.22. The van der Waals surface area contributed by atoms with Gasteiger partial charge in [0.2, 0.25) is 0 Å². The molecule has 27 heavy (non-hydrogen) atoms. The van der Waals surface area contributed by atoms with Gasteiger partial charge in [-0.05, 0) is 31.5 Å². The van der Waals surface area contributed by atoms with Crippen molar-refractivity contribution >= 4 is 35.1 Å². The van der Waals surface area contributed by atoms with Crippen LogP contribution in [0.25, 0.3) is 0 Å². The third kappa shape index (κ3) is 5.74. The molecule has 0 aromatic heterocycles. The van der Waals surface area contributed by atoms with E-state index in [9.17, 15) is 14.7 Å². The maximum absolute atomic E-state index is 12.7. The van der Waals surface area contributed by atoms with Crippen molar-refractivity contribution in [3.05, 3.63) is 28.2 Å². The normalized spacial score (nSPS) is 20.7. The Morgan fingerprint density at radius 3 is 2.67 bits per heavy atom. The van der Waals surface area contributed by atoms with Gasteiger partial charge < -0.3 is 15.2 Å². The first-order valence-electron chi connectivity index (χ1n) is 9.17. The average Bonchev–Trinajstić information content (AvgIpc) is 2.81. The molecule has 0 spiro atoms. The zero-order valence-corrected chi connectivity index (χ0v) is 17.1. The summed E-state index contributed by atoms with van der Waals surface area (Å²) in [6.07, 6.45) is 3.64. The molecule has 1 aliphatic rings. The summed E-state index contributed by atoms with van der Waals surface area (Å²) >= 11 is 11.8. The Bertz CT molecular complexity index is 686. The highest BCUT2D eigenvalue weighted by atomic mass is 35.5. The molecule has 1 saturated heterocycles. The zero-order valence-electron chi connectivity index (χ0n) is 15.6. The monoisotopic (exact) mass is 416 g/mol. The molecule has 6 nitrogen and oxygen atoms in total. The summed E-state index contributed by atoms with van der Waals surface area (Å²) in [5.74, 6) is 0.0608. The number of β-amino-alcohol motifs (C(OH)–C–C–N with tert-alkyl or cyclic N) is 1. The topological polar surface area (TPSA) is 78.9 Å². The maximum Gasteiger partial charge on any atom is 0.325 e. The van der Waals surface area contributed by atoms with Gasteiger partial charge in [-0.15, -0.1) is 0 Å². The summed E-state index contributed by atoms with van der Waals surface area (Å²) in [7, 11) is 0. The molecule has 0 radical (unpaired) electrons. The van der Waals surface area contributed by atoms with E-state index in [1.807, 2.05) is 0 Å². The lowest BCUT2D eigenvalue weighted by Crippen LogP contribution is -2.45. The van der Waals surface area contributed by atoms with E-state index in [1.165, 1.54) is 6.07 Å². The molecule has 1 aliphatic heterocycles. The lowest BCUT2D eigenvalue weighted by molar-refractivity contribution is -0.132. The maximum atomic E-state index is 12.7. The van der Waals surface area contributed by atoms with Crippen molar-refractivity contribution in [1.82, 2.24) is 10.2 Å². The number of ether oxygens (including phenoxy) is 1. The quantitative estimate of drug-likeness (QED) is 0.445. The first-order chi connectivity index (χ1) is 12.8. The van der Waals surface area contributed by atoms with Crippen molar-refractivity contribution in [3.63, 3.8) is 0 Å². The molecule has 2 N–H and O–H groups in total. The van der Waals surface area contributed by atoms with Gasteiger partial charge in [0.15, 0.2) is 0 Å². The van der Waals surface area contributed by atoms with Gasteiger partial charge in [0, 0.05) is 5.02 Å². The summed E-state index contributed by atoms with van der Waals surface area (Å²) in [4.78, 5) is 25.9. The number of urea groups is 1. The van der Waals surface area contributed by atoms with Crippen LogP contribution in [0, 0.1) is 0 Å². The van der Waals surface area contributed by atoms with Crippen LogP contribution < -0.4 is 10.1 Å². The molecule has 1 heterocycles. The van der Waals surface area contributed by atoms with Crippen molar-refractivity contribution in [3.8, 4) is 5.75 Å². The van der Waals surface area contributed by atoms with Gasteiger partial charge >= 0.3 is 6.03 Å². The van der Waals surface area contributed by atoms with Crippen molar-refractivity contribution in [2.24, 2.45) is 0 Å². The molecule has 8 heteroatoms. The summed E-state index contributed by atoms with van der Waals surface area (Å²) in [5.41, 5.74) is -0.912. The van der Waals surface area contributed by atoms with Crippen LogP contribution in [0.5, 0.6) is 5.75 Å². The van der Waals surface area contributed by atoms with E-state index in [2.05, 4.69) is 12.2 Å². The molecule has 150 valence electrons. The number of unbranched alkanes of at least 4 members (excludes halogenated alkanes) is 3. The fourth-order valence-corrected chi connectivity index (χ4v) is 3.49. The molecule has 0 aliphatic carbocycles. The number of aliphatic hydroxyl groups is 1. The van der Waals surface area contributed by atoms with Gasteiger partial charge in [-0.2, -0.15) is 0 Å². The SMILES string of the molecule is CCCCCCC1(C)NC(=O)N(CC(O)COc2ccc(Cl)cc2Cl)C1=O. The number of carbonyl (C=O) groups excluding carboxylic acids is 2. The summed E-state index contributed by atoms with van der Waals surface area (Å²) in [5, 5.41) is 13.8. The number of aliphatic hydroxyl groups excluding tert-OH is 1. The lowest BCUT2D eigenvalue weighted by atomic mass is 9.94. The minimum Gasteiger partial charge on any atom is -0.489 e. The molecule has 2 atom stereocenters. The van der Waals surface area contributed by atoms with E-state index >= 15 is 0 Å². The second-order valence-electron chi connectivity index (χ2n) is 7.03. The molecule has 1 aromatic carbocycles. The van der Waals surface area contributed by atoms with Crippen LogP contribution in [0.1, 0.15) is 46.0 Å². The van der Waals surface area contributed by atoms with Crippen molar-refractivity contribution in [1.29, 1.82) is 0 Å². The Hall–Kier alpha value is -1.50. The third-order valence-electron chi connectivity index (χ3n) is 4.59. The van der Waals surface area contributed by atoms with Gasteiger partial charge in [-0.1, -0.05) is 55.8 Å². The van der Waals surface area contributed by atoms with E-state index < -0.39 is 17.7 Å². The van der Waals surface area contributed by atoms with Gasteiger partial charge in [-0.25, -0.2) is 4.79 Å². The molecule has 1 aromatic rings. The summed E-state index contributed by atoms with van der Waals surface area (Å²) in [6, 6.07) is 4.27. The van der Waals surface area contributed by atoms with Crippen LogP contribution in [0.3, 0.4) is 0 Å². The summed E-state index contributed by atoms with van der Waals surface area (Å²) < 4.78 is 5.47. The first-order valence-corrected chi connectivity index (χ1v) is 9.92. The first kappa shape index (κ1) is 21.8. The smallest absolute Gasteiger partial charge is 0.325 e. The largest absolute Gasteiger partial charge is 0.489 e. The highest BCUT2D eigenvalue weighted by Crippen LogP contribution is 2.28. The van der Waals surface area contributed by atoms with E-state index in [-0.39, 0.29) is 19.1 Å². The second kappa shape index (κ2) is 9.62. The predicted octanol–water partition coefficient (Wildman–Crippen LogP) is 4.01. The van der Waals surface area contributed by atoms with E-state index in [4.69, 9.17) is 27.9 Å². The number of amides is 3. The Labute approximate surface area is 169 Å². The predicted molar refractivity (Wildman–Crippen MR) is 105 cm³/mol. The second-order valence-corrected chi connectivity index (χ2v) is 7.87. The number of nitrogens with one attached hydrogen (secondary N) is 1. The molecule has 0 saturated carbocycles. The van der Waals surface area contributed by atoms with Gasteiger partial charge in [-0.3, -0.25) is 9.69 Å². The molecule has 3 amide bonds. The van der Waals surface area contributed by atoms with Crippen LogP contribution in [0.4, 0.5) is 4.79 Å². The van der Waals surface area contributed by atoms with Crippen molar-refractivity contribution in [2.45, 2.75) is 57.6 Å². The van der Waals surface area contributed by atoms with Gasteiger partial charge in [0.05, 0.1) is 11.6 Å². The fourth-order valence-electron chi connectivity index (χ4n) is 3.03. The Kier molecular flexibility index (Phi) is 7.77. The number of halogens is 2. The van der Waals surface area contributed by atoms with Gasteiger partial charge in [0.25, 0.3) is 5.91 Å². The Morgan fingerprint density at radius 1 is 1.26 bits per heavy atom. The van der Waals surface area contributed by atoms with E-state index in [0.717, 1.165) is 30.6 Å². The zero-order chi connectivity index (χ0) is 20.0.